The van der Waals surface area contributed by atoms with E-state index in [9.17, 15) is 0 Å². The van der Waals surface area contributed by atoms with Crippen LogP contribution in [-0.4, -0.2) is 38.4 Å². The third kappa shape index (κ3) is 9.28. The largest absolute Gasteiger partial charge is 0.851 e. The number of benzene rings is 6. The van der Waals surface area contributed by atoms with Crippen LogP contribution in [0.3, 0.4) is 0 Å². The fourth-order valence-corrected chi connectivity index (χ4v) is 11.1. The summed E-state index contributed by atoms with van der Waals surface area (Å²) in [6.07, 6.45) is 15.8. The lowest BCUT2D eigenvalue weighted by atomic mass is 9.60. The third-order valence-electron chi connectivity index (χ3n) is 14.3. The van der Waals surface area contributed by atoms with Crippen LogP contribution in [0.1, 0.15) is 153 Å². The molecular formula is C56H76N6O2-2. The molecule has 1 saturated carbocycles. The van der Waals surface area contributed by atoms with Gasteiger partial charge < -0.3 is 42.9 Å². The summed E-state index contributed by atoms with van der Waals surface area (Å²) in [5, 5.41) is 38.1. The zero-order valence-corrected chi connectivity index (χ0v) is 39.4. The Hall–Kier alpha value is -4.92. The van der Waals surface area contributed by atoms with E-state index < -0.39 is 24.0 Å². The van der Waals surface area contributed by atoms with E-state index in [0.29, 0.717) is 33.9 Å². The maximum atomic E-state index is 15.5. The molecule has 0 radical (unpaired) electrons. The number of nitrogens with two attached hydrogens (primary N) is 4. The van der Waals surface area contributed by atoms with Gasteiger partial charge in [0.25, 0.3) is 0 Å². The van der Waals surface area contributed by atoms with Crippen molar-refractivity contribution in [3.05, 3.63) is 83.9 Å². The second kappa shape index (κ2) is 21.8. The highest BCUT2D eigenvalue weighted by molar-refractivity contribution is 6.21. The molecular weight excluding hydrogens is 789 g/mol. The summed E-state index contributed by atoms with van der Waals surface area (Å²) in [4.78, 5) is 5.07. The van der Waals surface area contributed by atoms with Gasteiger partial charge in [-0.1, -0.05) is 153 Å². The Morgan fingerprint density at radius 2 is 0.625 bits per heavy atom. The number of hydrogen-bond donors (Lipinski definition) is 4. The van der Waals surface area contributed by atoms with Gasteiger partial charge in [0, 0.05) is 92.0 Å². The molecule has 1 fully saturated rings. The van der Waals surface area contributed by atoms with Crippen molar-refractivity contribution >= 4 is 77.2 Å². The molecule has 8 nitrogen and oxygen atoms in total. The van der Waals surface area contributed by atoms with Crippen LogP contribution < -0.4 is 42.9 Å². The molecule has 64 heavy (non-hydrogen) atoms. The summed E-state index contributed by atoms with van der Waals surface area (Å²) in [7, 11) is 0. The molecule has 1 aliphatic carbocycles. The molecule has 1 aliphatic rings. The van der Waals surface area contributed by atoms with Gasteiger partial charge in [0.2, 0.25) is 0 Å². The van der Waals surface area contributed by atoms with Gasteiger partial charge in [-0.3, -0.25) is 0 Å². The first-order valence-corrected chi connectivity index (χ1v) is 25.1. The van der Waals surface area contributed by atoms with Gasteiger partial charge in [0.15, 0.2) is 0 Å². The average molecular weight is 865 g/mol. The zero-order valence-electron chi connectivity index (χ0n) is 39.4. The summed E-state index contributed by atoms with van der Waals surface area (Å²) in [5.41, 5.74) is 34.0. The lowest BCUT2D eigenvalue weighted by Crippen LogP contribution is -2.63. The maximum absolute atomic E-state index is 15.5. The van der Waals surface area contributed by atoms with E-state index in [0.717, 1.165) is 132 Å². The monoisotopic (exact) mass is 865 g/mol. The third-order valence-corrected chi connectivity index (χ3v) is 14.3. The molecule has 344 valence electrons. The Labute approximate surface area is 383 Å². The predicted octanol–water partition coefficient (Wildman–Crippen LogP) is 11.9. The van der Waals surface area contributed by atoms with Crippen molar-refractivity contribution in [2.24, 2.45) is 0 Å². The molecule has 0 unspecified atom stereocenters. The highest BCUT2D eigenvalue weighted by atomic mass is 16.3. The fourth-order valence-electron chi connectivity index (χ4n) is 11.1. The van der Waals surface area contributed by atoms with Crippen molar-refractivity contribution < 1.29 is 10.2 Å². The minimum atomic E-state index is -1.30. The first-order chi connectivity index (χ1) is 31.2. The second-order valence-electron chi connectivity index (χ2n) is 18.8. The van der Waals surface area contributed by atoms with Crippen LogP contribution in [0.5, 0.6) is 0 Å². The number of unbranched alkanes of at least 4 members (excludes halogenated alkanes) is 12. The first kappa shape index (κ1) is 47.1. The van der Waals surface area contributed by atoms with E-state index in [4.69, 9.17) is 22.9 Å². The van der Waals surface area contributed by atoms with Gasteiger partial charge in [0.1, 0.15) is 0 Å². The van der Waals surface area contributed by atoms with Crippen molar-refractivity contribution in [3.63, 3.8) is 0 Å². The van der Waals surface area contributed by atoms with Gasteiger partial charge in [-0.15, -0.1) is 12.2 Å². The van der Waals surface area contributed by atoms with Crippen LogP contribution in [-0.2, 0) is 0 Å². The maximum Gasteiger partial charge on any atom is 0.0527 e. The van der Waals surface area contributed by atoms with Gasteiger partial charge in [-0.2, -0.15) is 0 Å². The van der Waals surface area contributed by atoms with Gasteiger partial charge in [0.05, 0.1) is 11.4 Å². The molecule has 6 aromatic carbocycles. The molecule has 0 saturated heterocycles. The molecule has 0 atom stereocenters. The number of nitrogen functional groups attached to an aromatic ring is 4. The highest BCUT2D eigenvalue weighted by Crippen LogP contribution is 2.57. The Balaban J connectivity index is 1.40. The quantitative estimate of drug-likeness (QED) is 0.0266. The molecule has 0 aliphatic heterocycles. The first-order valence-electron chi connectivity index (χ1n) is 25.1. The summed E-state index contributed by atoms with van der Waals surface area (Å²) in [5.74, 6) is -1.79. The van der Waals surface area contributed by atoms with E-state index in [1.807, 2.05) is 48.5 Å². The molecule has 8 heteroatoms. The molecule has 0 amide bonds. The van der Waals surface area contributed by atoms with Gasteiger partial charge in [-0.05, 0) is 72.9 Å². The summed E-state index contributed by atoms with van der Waals surface area (Å²) >= 11 is 0. The standard InChI is InChI=1S/C56H76N6O2/c1-5-9-13-17-33-61(34-18-14-10-6-2)53-37-25-21-29-41(57)45(37)49(46-38(53)26-22-30-42(46)58)51-55(63)52(56(51)64)50-47-39(27-23-31-43(47)59)54(40-28-24-32-44(60)48(40)50)62(35-19-15-11-7-3)36-20-16-12-8-4/h21-32,51-52,55-56H,5-20,33-36,57-60H2,1-4H3/q-2. The van der Waals surface area contributed by atoms with Crippen LogP contribution in [0.15, 0.2) is 72.8 Å². The molecule has 0 spiro atoms. The Morgan fingerprint density at radius 3 is 0.859 bits per heavy atom. The lowest BCUT2D eigenvalue weighted by Gasteiger charge is -2.62. The number of hydrogen-bond acceptors (Lipinski definition) is 8. The van der Waals surface area contributed by atoms with E-state index in [1.54, 1.807) is 0 Å². The molecule has 0 heterocycles. The van der Waals surface area contributed by atoms with Crippen molar-refractivity contribution in [1.82, 2.24) is 0 Å². The van der Waals surface area contributed by atoms with E-state index in [1.165, 1.54) is 51.4 Å². The Bertz CT molecular complexity index is 2170. The van der Waals surface area contributed by atoms with Crippen molar-refractivity contribution in [1.29, 1.82) is 0 Å². The Kier molecular flexibility index (Phi) is 16.1. The molecule has 0 bridgehead atoms. The van der Waals surface area contributed by atoms with Gasteiger partial charge >= 0.3 is 0 Å². The minimum Gasteiger partial charge on any atom is -0.851 e. The molecule has 6 aromatic rings. The molecule has 8 N–H and O–H groups in total. The Morgan fingerprint density at radius 1 is 0.375 bits per heavy atom. The zero-order chi connectivity index (χ0) is 45.3. The van der Waals surface area contributed by atoms with Crippen molar-refractivity contribution in [2.75, 3.05) is 58.9 Å². The normalized spacial score (nSPS) is 17.5. The van der Waals surface area contributed by atoms with E-state index >= 15 is 10.2 Å². The summed E-state index contributed by atoms with van der Waals surface area (Å²) in [6.45, 7) is 12.6. The number of fused-ring (bicyclic) bond motifs is 4. The van der Waals surface area contributed by atoms with Crippen molar-refractivity contribution in [2.45, 2.75) is 154 Å². The highest BCUT2D eigenvalue weighted by Gasteiger charge is 2.43. The second-order valence-corrected chi connectivity index (χ2v) is 18.8. The SMILES string of the molecule is CCCCCCN(CCCCCC)c1c2cccc(N)c2c(C2C([O-])C(c3c4c(N)cccc4c(N(CCCCCC)CCCCCC)c4cccc(N)c34)C2[O-])c2c(N)cccc12. The van der Waals surface area contributed by atoms with Gasteiger partial charge in [-0.25, -0.2) is 0 Å². The lowest BCUT2D eigenvalue weighted by molar-refractivity contribution is -0.535. The van der Waals surface area contributed by atoms with E-state index in [-0.39, 0.29) is 0 Å². The number of rotatable bonds is 24. The van der Waals surface area contributed by atoms with Crippen molar-refractivity contribution in [3.8, 4) is 0 Å². The van der Waals surface area contributed by atoms with Crippen LogP contribution >= 0.6 is 0 Å². The summed E-state index contributed by atoms with van der Waals surface area (Å²) < 4.78 is 0. The van der Waals surface area contributed by atoms with Crippen LogP contribution in [0.2, 0.25) is 0 Å². The minimum absolute atomic E-state index is 0.561. The van der Waals surface area contributed by atoms with Crippen LogP contribution in [0.4, 0.5) is 34.1 Å². The topological polar surface area (TPSA) is 157 Å². The molecule has 7 rings (SSSR count). The smallest absolute Gasteiger partial charge is 0.0527 e. The van der Waals surface area contributed by atoms with E-state index in [2.05, 4.69) is 61.8 Å². The summed E-state index contributed by atoms with van der Waals surface area (Å²) in [6, 6.07) is 24.2. The molecule has 0 aromatic heterocycles. The average Bonchev–Trinajstić information content (AvgIpc) is 3.28. The van der Waals surface area contributed by atoms with Crippen LogP contribution in [0.25, 0.3) is 43.1 Å². The fraction of sp³-hybridized carbons (Fsp3) is 0.500. The number of anilines is 6. The van der Waals surface area contributed by atoms with Crippen LogP contribution in [0, 0.1) is 0 Å². The predicted molar refractivity (Wildman–Crippen MR) is 275 cm³/mol. The number of nitrogens with zero attached hydrogens (tertiary/aromatic N) is 2.